The molecule has 0 saturated heterocycles. The molecule has 0 spiro atoms. The molecule has 0 bridgehead atoms. The largest absolute Gasteiger partial charge is 0.497 e. The number of halogens is 3. The SMILES string of the molecule is COc1cccc(Sc2nc3ccccc3n3c(C(F)(F)F)nnc23)c1. The van der Waals surface area contributed by atoms with Crippen molar-refractivity contribution in [3.05, 3.63) is 54.4 Å². The fraction of sp³-hybridized carbons (Fsp3) is 0.118. The van der Waals surface area contributed by atoms with Crippen molar-refractivity contribution in [2.75, 3.05) is 7.11 Å². The topological polar surface area (TPSA) is 52.3 Å². The molecule has 0 saturated carbocycles. The number of hydrogen-bond donors (Lipinski definition) is 0. The van der Waals surface area contributed by atoms with Crippen molar-refractivity contribution in [2.24, 2.45) is 0 Å². The summed E-state index contributed by atoms with van der Waals surface area (Å²) in [4.78, 5) is 5.25. The maximum atomic E-state index is 13.4. The predicted molar refractivity (Wildman–Crippen MR) is 90.4 cm³/mol. The summed E-state index contributed by atoms with van der Waals surface area (Å²) in [6, 6.07) is 13.8. The van der Waals surface area contributed by atoms with Crippen LogP contribution in [0.25, 0.3) is 16.7 Å². The van der Waals surface area contributed by atoms with Crippen molar-refractivity contribution in [1.82, 2.24) is 19.6 Å². The Kier molecular flexibility index (Phi) is 3.95. The minimum Gasteiger partial charge on any atom is -0.497 e. The third-order valence-electron chi connectivity index (χ3n) is 3.71. The standard InChI is InChI=1S/C17H11F3N4OS/c1-25-10-5-4-6-11(9-10)26-15-14-22-23-16(17(18,19)20)24(14)13-8-3-2-7-12(13)21-15/h2-9H,1H3. The second-order valence-electron chi connectivity index (χ2n) is 5.37. The van der Waals surface area contributed by atoms with E-state index in [4.69, 9.17) is 4.74 Å². The zero-order chi connectivity index (χ0) is 18.3. The van der Waals surface area contributed by atoms with E-state index >= 15 is 0 Å². The van der Waals surface area contributed by atoms with E-state index in [2.05, 4.69) is 15.2 Å². The molecular formula is C17H11F3N4OS. The Morgan fingerprint density at radius 3 is 2.62 bits per heavy atom. The molecule has 132 valence electrons. The summed E-state index contributed by atoms with van der Waals surface area (Å²) < 4.78 is 46.3. The summed E-state index contributed by atoms with van der Waals surface area (Å²) >= 11 is 1.20. The predicted octanol–water partition coefficient (Wildman–Crippen LogP) is 4.46. The summed E-state index contributed by atoms with van der Waals surface area (Å²) in [5.74, 6) is -0.428. The average Bonchev–Trinajstić information content (AvgIpc) is 3.08. The van der Waals surface area contributed by atoms with Crippen LogP contribution in [0.15, 0.2) is 58.5 Å². The molecule has 2 heterocycles. The zero-order valence-electron chi connectivity index (χ0n) is 13.4. The molecule has 0 aliphatic carbocycles. The molecule has 5 nitrogen and oxygen atoms in total. The lowest BCUT2D eigenvalue weighted by Crippen LogP contribution is -2.11. The zero-order valence-corrected chi connectivity index (χ0v) is 14.2. The number of nitrogens with zero attached hydrogens (tertiary/aromatic N) is 4. The number of alkyl halides is 3. The van der Waals surface area contributed by atoms with E-state index in [1.54, 1.807) is 49.6 Å². The molecule has 26 heavy (non-hydrogen) atoms. The van der Waals surface area contributed by atoms with Gasteiger partial charge in [-0.05, 0) is 30.3 Å². The van der Waals surface area contributed by atoms with Gasteiger partial charge in [-0.1, -0.05) is 30.0 Å². The van der Waals surface area contributed by atoms with Gasteiger partial charge in [0.15, 0.2) is 5.65 Å². The highest BCUT2D eigenvalue weighted by Gasteiger charge is 2.38. The monoisotopic (exact) mass is 376 g/mol. The molecule has 4 rings (SSSR count). The third-order valence-corrected chi connectivity index (χ3v) is 4.67. The number of benzene rings is 2. The lowest BCUT2D eigenvalue weighted by atomic mass is 10.3. The van der Waals surface area contributed by atoms with Gasteiger partial charge < -0.3 is 4.74 Å². The van der Waals surface area contributed by atoms with Gasteiger partial charge in [-0.15, -0.1) is 10.2 Å². The minimum absolute atomic E-state index is 0.0591. The van der Waals surface area contributed by atoms with Crippen molar-refractivity contribution in [1.29, 1.82) is 0 Å². The van der Waals surface area contributed by atoms with Crippen LogP contribution in [0, 0.1) is 0 Å². The fourth-order valence-corrected chi connectivity index (χ4v) is 3.50. The third kappa shape index (κ3) is 2.84. The van der Waals surface area contributed by atoms with Gasteiger partial charge >= 0.3 is 6.18 Å². The van der Waals surface area contributed by atoms with Crippen LogP contribution in [0.3, 0.4) is 0 Å². The Bertz CT molecular complexity index is 1110. The summed E-state index contributed by atoms with van der Waals surface area (Å²) in [5.41, 5.74) is 0.786. The van der Waals surface area contributed by atoms with E-state index in [1.165, 1.54) is 11.8 Å². The van der Waals surface area contributed by atoms with Crippen molar-refractivity contribution >= 4 is 28.4 Å². The highest BCUT2D eigenvalue weighted by atomic mass is 32.2. The Hall–Kier alpha value is -2.81. The van der Waals surface area contributed by atoms with E-state index in [0.717, 1.165) is 9.30 Å². The fourth-order valence-electron chi connectivity index (χ4n) is 2.59. The van der Waals surface area contributed by atoms with E-state index in [0.29, 0.717) is 21.8 Å². The summed E-state index contributed by atoms with van der Waals surface area (Å²) in [7, 11) is 1.55. The van der Waals surface area contributed by atoms with Gasteiger partial charge in [0.2, 0.25) is 5.82 Å². The number of rotatable bonds is 3. The van der Waals surface area contributed by atoms with Gasteiger partial charge in [0, 0.05) is 4.90 Å². The van der Waals surface area contributed by atoms with E-state index < -0.39 is 12.0 Å². The van der Waals surface area contributed by atoms with Crippen molar-refractivity contribution in [3.8, 4) is 5.75 Å². The van der Waals surface area contributed by atoms with Gasteiger partial charge in [-0.25, -0.2) is 4.98 Å². The van der Waals surface area contributed by atoms with Crippen LogP contribution in [0.5, 0.6) is 5.75 Å². The first kappa shape index (κ1) is 16.6. The molecule has 0 unspecified atom stereocenters. The first-order chi connectivity index (χ1) is 12.5. The molecular weight excluding hydrogens is 365 g/mol. The highest BCUT2D eigenvalue weighted by Crippen LogP contribution is 2.35. The quantitative estimate of drug-likeness (QED) is 0.529. The number of hydrogen-bond acceptors (Lipinski definition) is 5. The molecule has 0 amide bonds. The van der Waals surface area contributed by atoms with Crippen LogP contribution in [-0.2, 0) is 6.18 Å². The number of fused-ring (bicyclic) bond motifs is 3. The maximum Gasteiger partial charge on any atom is 0.452 e. The van der Waals surface area contributed by atoms with Crippen molar-refractivity contribution in [2.45, 2.75) is 16.1 Å². The second-order valence-corrected chi connectivity index (χ2v) is 6.43. The second kappa shape index (κ2) is 6.17. The normalized spacial score (nSPS) is 12.0. The Morgan fingerprint density at radius 2 is 1.85 bits per heavy atom. The number of methoxy groups -OCH3 is 1. The Labute approximate surface area is 149 Å². The molecule has 2 aromatic carbocycles. The van der Waals surface area contributed by atoms with Gasteiger partial charge in [0.1, 0.15) is 10.8 Å². The van der Waals surface area contributed by atoms with Crippen LogP contribution >= 0.6 is 11.8 Å². The molecule has 0 radical (unpaired) electrons. The van der Waals surface area contributed by atoms with Crippen molar-refractivity contribution < 1.29 is 17.9 Å². The molecule has 0 aliphatic heterocycles. The van der Waals surface area contributed by atoms with Crippen LogP contribution in [-0.4, -0.2) is 26.7 Å². The Balaban J connectivity index is 1.95. The molecule has 4 aromatic rings. The lowest BCUT2D eigenvalue weighted by molar-refractivity contribution is -0.145. The average molecular weight is 376 g/mol. The summed E-state index contributed by atoms with van der Waals surface area (Å²) in [6.07, 6.45) is -4.62. The van der Waals surface area contributed by atoms with Crippen LogP contribution in [0.2, 0.25) is 0 Å². The molecule has 0 aliphatic rings. The van der Waals surface area contributed by atoms with E-state index in [1.807, 2.05) is 6.07 Å². The van der Waals surface area contributed by atoms with Crippen molar-refractivity contribution in [3.63, 3.8) is 0 Å². The minimum atomic E-state index is -4.62. The first-order valence-corrected chi connectivity index (χ1v) is 8.32. The van der Waals surface area contributed by atoms with Crippen LogP contribution in [0.4, 0.5) is 13.2 Å². The summed E-state index contributed by atoms with van der Waals surface area (Å²) in [6.45, 7) is 0. The first-order valence-electron chi connectivity index (χ1n) is 7.50. The van der Waals surface area contributed by atoms with Gasteiger partial charge in [-0.2, -0.15) is 13.2 Å². The number of para-hydroxylation sites is 2. The number of ether oxygens (including phenoxy) is 1. The maximum absolute atomic E-state index is 13.4. The van der Waals surface area contributed by atoms with E-state index in [9.17, 15) is 13.2 Å². The molecule has 2 aromatic heterocycles. The molecule has 0 fully saturated rings. The Morgan fingerprint density at radius 1 is 1.04 bits per heavy atom. The number of aromatic nitrogens is 4. The van der Waals surface area contributed by atoms with Gasteiger partial charge in [0.25, 0.3) is 0 Å². The van der Waals surface area contributed by atoms with E-state index in [-0.39, 0.29) is 5.65 Å². The summed E-state index contributed by atoms with van der Waals surface area (Å²) in [5, 5.41) is 7.45. The van der Waals surface area contributed by atoms with Crippen LogP contribution < -0.4 is 4.74 Å². The highest BCUT2D eigenvalue weighted by molar-refractivity contribution is 7.99. The van der Waals surface area contributed by atoms with Crippen LogP contribution in [0.1, 0.15) is 5.82 Å². The van der Waals surface area contributed by atoms with Gasteiger partial charge in [0.05, 0.1) is 18.1 Å². The molecule has 0 atom stereocenters. The molecule has 0 N–H and O–H groups in total. The van der Waals surface area contributed by atoms with Gasteiger partial charge in [-0.3, -0.25) is 4.40 Å². The molecule has 9 heteroatoms. The lowest BCUT2D eigenvalue weighted by Gasteiger charge is -2.10. The smallest absolute Gasteiger partial charge is 0.452 e.